The van der Waals surface area contributed by atoms with Crippen molar-refractivity contribution in [3.63, 3.8) is 0 Å². The molecule has 0 saturated heterocycles. The molecule has 0 heterocycles. The van der Waals surface area contributed by atoms with Gasteiger partial charge in [0.2, 0.25) is 0 Å². The van der Waals surface area contributed by atoms with Crippen molar-refractivity contribution in [1.82, 2.24) is 0 Å². The molecule has 0 fully saturated rings. The molecule has 0 radical (unpaired) electrons. The van der Waals surface area contributed by atoms with E-state index in [-0.39, 0.29) is 11.6 Å². The molecule has 0 bridgehead atoms. The summed E-state index contributed by atoms with van der Waals surface area (Å²) >= 11 is 0. The van der Waals surface area contributed by atoms with Crippen LogP contribution >= 0.6 is 0 Å². The Labute approximate surface area is 113 Å². The first-order chi connectivity index (χ1) is 9.09. The van der Waals surface area contributed by atoms with E-state index in [4.69, 9.17) is 0 Å². The van der Waals surface area contributed by atoms with E-state index in [1.807, 2.05) is 54.6 Å². The molecule has 2 aromatic rings. The number of hydrogen-bond acceptors (Lipinski definition) is 2. The fraction of sp³-hybridized carbons (Fsp3) is 0.176. The normalized spacial score (nSPS) is 10.5. The van der Waals surface area contributed by atoms with Gasteiger partial charge in [-0.2, -0.15) is 0 Å². The Hall–Kier alpha value is -2.22. The minimum Gasteiger partial charge on any atom is -0.299 e. The van der Waals surface area contributed by atoms with Gasteiger partial charge in [0.15, 0.2) is 0 Å². The molecule has 0 spiro atoms. The highest BCUT2D eigenvalue weighted by atomic mass is 16.1. The molecule has 2 aromatic carbocycles. The fourth-order valence-electron chi connectivity index (χ4n) is 2.25. The zero-order valence-electron chi connectivity index (χ0n) is 11.1. The van der Waals surface area contributed by atoms with Gasteiger partial charge in [0.1, 0.15) is 17.5 Å². The first kappa shape index (κ1) is 13.2. The topological polar surface area (TPSA) is 34.1 Å². The Morgan fingerprint density at radius 1 is 0.737 bits per heavy atom. The SMILES string of the molecule is CC(=O)C(C(C)=O)c1ccc(-c2ccccc2)cc1. The van der Waals surface area contributed by atoms with Crippen LogP contribution in [0.5, 0.6) is 0 Å². The lowest BCUT2D eigenvalue weighted by Crippen LogP contribution is -2.16. The molecule has 19 heavy (non-hydrogen) atoms. The van der Waals surface area contributed by atoms with Crippen LogP contribution in [-0.4, -0.2) is 11.6 Å². The lowest BCUT2D eigenvalue weighted by molar-refractivity contribution is -0.126. The van der Waals surface area contributed by atoms with Gasteiger partial charge in [0.25, 0.3) is 0 Å². The van der Waals surface area contributed by atoms with Gasteiger partial charge in [-0.3, -0.25) is 9.59 Å². The highest BCUT2D eigenvalue weighted by molar-refractivity contribution is 6.05. The molecule has 0 N–H and O–H groups in total. The molecule has 96 valence electrons. The molecule has 2 rings (SSSR count). The third kappa shape index (κ3) is 2.97. The van der Waals surface area contributed by atoms with Crippen molar-refractivity contribution in [2.45, 2.75) is 19.8 Å². The minimum absolute atomic E-state index is 0.111. The maximum Gasteiger partial charge on any atom is 0.144 e. The summed E-state index contributed by atoms with van der Waals surface area (Å²) in [6.07, 6.45) is 0. The molecule has 0 amide bonds. The summed E-state index contributed by atoms with van der Waals surface area (Å²) in [7, 11) is 0. The number of hydrogen-bond donors (Lipinski definition) is 0. The van der Waals surface area contributed by atoms with Crippen LogP contribution in [0.1, 0.15) is 25.3 Å². The van der Waals surface area contributed by atoms with E-state index < -0.39 is 5.92 Å². The van der Waals surface area contributed by atoms with Gasteiger partial charge in [-0.05, 0) is 30.5 Å². The van der Waals surface area contributed by atoms with Crippen LogP contribution in [0.15, 0.2) is 54.6 Å². The Balaban J connectivity index is 2.33. The van der Waals surface area contributed by atoms with Gasteiger partial charge in [-0.1, -0.05) is 54.6 Å². The van der Waals surface area contributed by atoms with Crippen LogP contribution < -0.4 is 0 Å². The van der Waals surface area contributed by atoms with Crippen LogP contribution in [0.4, 0.5) is 0 Å². The third-order valence-electron chi connectivity index (χ3n) is 3.16. The largest absolute Gasteiger partial charge is 0.299 e. The van der Waals surface area contributed by atoms with Crippen LogP contribution in [0, 0.1) is 0 Å². The summed E-state index contributed by atoms with van der Waals surface area (Å²) in [5, 5.41) is 0. The molecular formula is C17H16O2. The predicted octanol–water partition coefficient (Wildman–Crippen LogP) is 3.62. The van der Waals surface area contributed by atoms with Gasteiger partial charge >= 0.3 is 0 Å². The fourth-order valence-corrected chi connectivity index (χ4v) is 2.25. The van der Waals surface area contributed by atoms with Crippen molar-refractivity contribution >= 4 is 11.6 Å². The zero-order chi connectivity index (χ0) is 13.8. The highest BCUT2D eigenvalue weighted by Gasteiger charge is 2.21. The average Bonchev–Trinajstić information content (AvgIpc) is 2.40. The Morgan fingerprint density at radius 2 is 1.21 bits per heavy atom. The van der Waals surface area contributed by atoms with E-state index in [9.17, 15) is 9.59 Å². The molecule has 0 atom stereocenters. The van der Waals surface area contributed by atoms with Crippen LogP contribution in [0.25, 0.3) is 11.1 Å². The van der Waals surface area contributed by atoms with Crippen molar-refractivity contribution in [2.75, 3.05) is 0 Å². The lowest BCUT2D eigenvalue weighted by atomic mass is 9.90. The van der Waals surface area contributed by atoms with E-state index in [0.717, 1.165) is 16.7 Å². The smallest absolute Gasteiger partial charge is 0.144 e. The van der Waals surface area contributed by atoms with Gasteiger partial charge in [-0.15, -0.1) is 0 Å². The average molecular weight is 252 g/mol. The first-order valence-corrected chi connectivity index (χ1v) is 6.26. The van der Waals surface area contributed by atoms with E-state index in [2.05, 4.69) is 0 Å². The first-order valence-electron chi connectivity index (χ1n) is 6.26. The highest BCUT2D eigenvalue weighted by Crippen LogP contribution is 2.23. The third-order valence-corrected chi connectivity index (χ3v) is 3.16. The summed E-state index contributed by atoms with van der Waals surface area (Å²) in [5.41, 5.74) is 2.96. The van der Waals surface area contributed by atoms with Crippen molar-refractivity contribution in [1.29, 1.82) is 0 Å². The van der Waals surface area contributed by atoms with Crippen LogP contribution in [0.2, 0.25) is 0 Å². The maximum absolute atomic E-state index is 11.5. The number of ketones is 2. The van der Waals surface area contributed by atoms with Gasteiger partial charge in [0, 0.05) is 0 Å². The molecule has 2 heteroatoms. The molecule has 2 nitrogen and oxygen atoms in total. The van der Waals surface area contributed by atoms with Crippen molar-refractivity contribution in [3.05, 3.63) is 60.2 Å². The number of benzene rings is 2. The van der Waals surface area contributed by atoms with Crippen LogP contribution in [0.3, 0.4) is 0 Å². The quantitative estimate of drug-likeness (QED) is 0.779. The predicted molar refractivity (Wildman–Crippen MR) is 76.0 cm³/mol. The lowest BCUT2D eigenvalue weighted by Gasteiger charge is -2.11. The maximum atomic E-state index is 11.5. The monoisotopic (exact) mass is 252 g/mol. The summed E-state index contributed by atoms with van der Waals surface area (Å²) in [5.74, 6) is -0.857. The Kier molecular flexibility index (Phi) is 3.91. The summed E-state index contributed by atoms with van der Waals surface area (Å²) < 4.78 is 0. The Bertz CT molecular complexity index is 568. The molecule has 0 unspecified atom stereocenters. The second kappa shape index (κ2) is 5.61. The number of Topliss-reactive ketones (excluding diaryl/α,β-unsaturated/α-hetero) is 2. The van der Waals surface area contributed by atoms with E-state index in [1.54, 1.807) is 0 Å². The zero-order valence-corrected chi connectivity index (χ0v) is 11.1. The second-order valence-corrected chi connectivity index (χ2v) is 4.64. The number of rotatable bonds is 4. The summed E-state index contributed by atoms with van der Waals surface area (Å²) in [6.45, 7) is 2.91. The number of carbonyl (C=O) groups is 2. The van der Waals surface area contributed by atoms with Gasteiger partial charge < -0.3 is 0 Å². The second-order valence-electron chi connectivity index (χ2n) is 4.64. The van der Waals surface area contributed by atoms with Gasteiger partial charge in [0.05, 0.1) is 0 Å². The standard InChI is InChI=1S/C17H16O2/c1-12(18)17(13(2)19)16-10-8-15(9-11-16)14-6-4-3-5-7-14/h3-11,17H,1-2H3. The van der Waals surface area contributed by atoms with Crippen molar-refractivity contribution < 1.29 is 9.59 Å². The van der Waals surface area contributed by atoms with E-state index in [1.165, 1.54) is 13.8 Å². The van der Waals surface area contributed by atoms with E-state index in [0.29, 0.717) is 0 Å². The molecule has 0 aliphatic heterocycles. The molecule has 0 saturated carbocycles. The molecule has 0 aliphatic rings. The van der Waals surface area contributed by atoms with Crippen LogP contribution in [-0.2, 0) is 9.59 Å². The van der Waals surface area contributed by atoms with Crippen molar-refractivity contribution in [3.8, 4) is 11.1 Å². The summed E-state index contributed by atoms with van der Waals surface area (Å²) in [6, 6.07) is 17.6. The number of carbonyl (C=O) groups excluding carboxylic acids is 2. The molecular weight excluding hydrogens is 236 g/mol. The van der Waals surface area contributed by atoms with Crippen molar-refractivity contribution in [2.24, 2.45) is 0 Å². The summed E-state index contributed by atoms with van der Waals surface area (Å²) in [4.78, 5) is 23.0. The molecule has 0 aliphatic carbocycles. The van der Waals surface area contributed by atoms with E-state index >= 15 is 0 Å². The Morgan fingerprint density at radius 3 is 1.68 bits per heavy atom. The molecule has 0 aromatic heterocycles. The minimum atomic E-state index is -0.634. The van der Waals surface area contributed by atoms with Gasteiger partial charge in [-0.25, -0.2) is 0 Å².